The number of nitrogens with one attached hydrogen (secondary N) is 1. The first-order valence-corrected chi connectivity index (χ1v) is 6.90. The van der Waals surface area contributed by atoms with Crippen molar-refractivity contribution in [3.63, 3.8) is 0 Å². The topological polar surface area (TPSA) is 28.2 Å². The fraction of sp³-hybridized carbons (Fsp3) is 0.667. The summed E-state index contributed by atoms with van der Waals surface area (Å²) in [6.45, 7) is 12.2. The van der Waals surface area contributed by atoms with Gasteiger partial charge in [-0.05, 0) is 17.9 Å². The van der Waals surface area contributed by atoms with Crippen LogP contribution in [0.2, 0.25) is 0 Å². The van der Waals surface area contributed by atoms with Gasteiger partial charge < -0.3 is 10.2 Å². The summed E-state index contributed by atoms with van der Waals surface area (Å²) in [5, 5.41) is 3.48. The van der Waals surface area contributed by atoms with E-state index in [1.807, 2.05) is 12.3 Å². The predicted molar refractivity (Wildman–Crippen MR) is 76.8 cm³/mol. The van der Waals surface area contributed by atoms with Gasteiger partial charge in [0.2, 0.25) is 0 Å². The standard InChI is InChI=1S/C15H25N3/c1-12(2)17-10-13-6-5-8-16-14(13)18-9-7-15(3,4)11-18/h5-6,8,12,17H,7,9-11H2,1-4H3. The molecular weight excluding hydrogens is 222 g/mol. The van der Waals surface area contributed by atoms with Crippen molar-refractivity contribution >= 4 is 5.82 Å². The zero-order chi connectivity index (χ0) is 13.2. The van der Waals surface area contributed by atoms with Gasteiger partial charge >= 0.3 is 0 Å². The number of rotatable bonds is 4. The summed E-state index contributed by atoms with van der Waals surface area (Å²) in [7, 11) is 0. The highest BCUT2D eigenvalue weighted by Gasteiger charge is 2.30. The highest BCUT2D eigenvalue weighted by molar-refractivity contribution is 5.48. The van der Waals surface area contributed by atoms with Crippen LogP contribution in [0.1, 0.15) is 39.7 Å². The van der Waals surface area contributed by atoms with E-state index >= 15 is 0 Å². The van der Waals surface area contributed by atoms with Crippen LogP contribution in [-0.4, -0.2) is 24.1 Å². The van der Waals surface area contributed by atoms with Crippen LogP contribution in [0.4, 0.5) is 5.82 Å². The quantitative estimate of drug-likeness (QED) is 0.887. The monoisotopic (exact) mass is 247 g/mol. The Kier molecular flexibility index (Phi) is 3.91. The molecule has 0 aliphatic carbocycles. The summed E-state index contributed by atoms with van der Waals surface area (Å²) in [6.07, 6.45) is 3.15. The second-order valence-electron chi connectivity index (χ2n) is 6.36. The molecule has 0 atom stereocenters. The van der Waals surface area contributed by atoms with E-state index < -0.39 is 0 Å². The van der Waals surface area contributed by atoms with Crippen LogP contribution in [0.3, 0.4) is 0 Å². The lowest BCUT2D eigenvalue weighted by Crippen LogP contribution is -2.27. The van der Waals surface area contributed by atoms with Crippen LogP contribution in [0.15, 0.2) is 18.3 Å². The van der Waals surface area contributed by atoms with Crippen LogP contribution >= 0.6 is 0 Å². The van der Waals surface area contributed by atoms with Gasteiger partial charge in [0.15, 0.2) is 0 Å². The number of pyridine rings is 1. The van der Waals surface area contributed by atoms with Gasteiger partial charge in [-0.15, -0.1) is 0 Å². The Morgan fingerprint density at radius 1 is 1.44 bits per heavy atom. The second kappa shape index (κ2) is 5.27. The minimum atomic E-state index is 0.417. The Morgan fingerprint density at radius 2 is 2.22 bits per heavy atom. The minimum absolute atomic E-state index is 0.417. The molecule has 2 heterocycles. The van der Waals surface area contributed by atoms with Crippen LogP contribution in [0, 0.1) is 5.41 Å². The first kappa shape index (κ1) is 13.3. The molecule has 0 bridgehead atoms. The molecule has 0 amide bonds. The summed E-state index contributed by atoms with van der Waals surface area (Å²) in [5.74, 6) is 1.16. The average molecular weight is 247 g/mol. The van der Waals surface area contributed by atoms with Crippen molar-refractivity contribution in [2.75, 3.05) is 18.0 Å². The van der Waals surface area contributed by atoms with E-state index in [1.165, 1.54) is 12.0 Å². The van der Waals surface area contributed by atoms with Gasteiger partial charge in [-0.2, -0.15) is 0 Å². The number of hydrogen-bond acceptors (Lipinski definition) is 3. The van der Waals surface area contributed by atoms with Crippen molar-refractivity contribution in [1.82, 2.24) is 10.3 Å². The first-order valence-electron chi connectivity index (χ1n) is 6.90. The van der Waals surface area contributed by atoms with E-state index in [4.69, 9.17) is 0 Å². The molecule has 1 aliphatic rings. The zero-order valence-electron chi connectivity index (χ0n) is 12.0. The van der Waals surface area contributed by atoms with Gasteiger partial charge in [0.25, 0.3) is 0 Å². The fourth-order valence-corrected chi connectivity index (χ4v) is 2.46. The molecule has 0 saturated carbocycles. The molecule has 18 heavy (non-hydrogen) atoms. The summed E-state index contributed by atoms with van der Waals surface area (Å²) in [4.78, 5) is 7.02. The molecule has 1 saturated heterocycles. The van der Waals surface area contributed by atoms with E-state index in [9.17, 15) is 0 Å². The molecule has 0 spiro atoms. The van der Waals surface area contributed by atoms with Crippen molar-refractivity contribution in [2.45, 2.75) is 46.7 Å². The minimum Gasteiger partial charge on any atom is -0.356 e. The Balaban J connectivity index is 2.12. The van der Waals surface area contributed by atoms with Crippen molar-refractivity contribution in [3.8, 4) is 0 Å². The summed E-state index contributed by atoms with van der Waals surface area (Å²) in [6, 6.07) is 4.72. The van der Waals surface area contributed by atoms with Gasteiger partial charge in [-0.1, -0.05) is 33.8 Å². The largest absolute Gasteiger partial charge is 0.356 e. The Labute approximate surface area is 111 Å². The maximum atomic E-state index is 4.59. The van der Waals surface area contributed by atoms with E-state index in [0.717, 1.165) is 25.5 Å². The molecule has 1 fully saturated rings. The van der Waals surface area contributed by atoms with E-state index in [0.29, 0.717) is 11.5 Å². The third-order valence-corrected chi connectivity index (χ3v) is 3.55. The molecule has 2 rings (SSSR count). The normalized spacial score (nSPS) is 18.6. The van der Waals surface area contributed by atoms with Gasteiger partial charge in [0.05, 0.1) is 0 Å². The van der Waals surface area contributed by atoms with Gasteiger partial charge in [-0.25, -0.2) is 4.98 Å². The van der Waals surface area contributed by atoms with Crippen LogP contribution < -0.4 is 10.2 Å². The van der Waals surface area contributed by atoms with Crippen LogP contribution in [0.5, 0.6) is 0 Å². The average Bonchev–Trinajstić information content (AvgIpc) is 2.67. The van der Waals surface area contributed by atoms with Crippen molar-refractivity contribution < 1.29 is 0 Å². The van der Waals surface area contributed by atoms with Crippen molar-refractivity contribution in [2.24, 2.45) is 5.41 Å². The van der Waals surface area contributed by atoms with E-state index in [-0.39, 0.29) is 0 Å². The van der Waals surface area contributed by atoms with Gasteiger partial charge in [0, 0.05) is 37.4 Å². The second-order valence-corrected chi connectivity index (χ2v) is 6.36. The SMILES string of the molecule is CC(C)NCc1cccnc1N1CCC(C)(C)C1. The lowest BCUT2D eigenvalue weighted by molar-refractivity contribution is 0.418. The third-order valence-electron chi connectivity index (χ3n) is 3.55. The Hall–Kier alpha value is -1.09. The highest BCUT2D eigenvalue weighted by atomic mass is 15.2. The highest BCUT2D eigenvalue weighted by Crippen LogP contribution is 2.32. The zero-order valence-corrected chi connectivity index (χ0v) is 12.0. The molecule has 1 aromatic rings. The molecule has 1 aliphatic heterocycles. The number of hydrogen-bond donors (Lipinski definition) is 1. The Morgan fingerprint density at radius 3 is 2.83 bits per heavy atom. The first-order chi connectivity index (χ1) is 8.48. The number of anilines is 1. The van der Waals surface area contributed by atoms with Crippen molar-refractivity contribution in [1.29, 1.82) is 0 Å². The smallest absolute Gasteiger partial charge is 0.133 e. The number of nitrogens with zero attached hydrogens (tertiary/aromatic N) is 2. The van der Waals surface area contributed by atoms with E-state index in [2.05, 4.69) is 49.0 Å². The molecule has 1 aromatic heterocycles. The lowest BCUT2D eigenvalue weighted by atomic mass is 9.93. The molecule has 3 heteroatoms. The van der Waals surface area contributed by atoms with E-state index in [1.54, 1.807) is 0 Å². The molecule has 0 aromatic carbocycles. The molecule has 100 valence electrons. The van der Waals surface area contributed by atoms with Crippen LogP contribution in [-0.2, 0) is 6.54 Å². The fourth-order valence-electron chi connectivity index (χ4n) is 2.46. The van der Waals surface area contributed by atoms with Gasteiger partial charge in [-0.3, -0.25) is 0 Å². The maximum Gasteiger partial charge on any atom is 0.133 e. The molecule has 0 radical (unpaired) electrons. The third kappa shape index (κ3) is 3.22. The van der Waals surface area contributed by atoms with Gasteiger partial charge in [0.1, 0.15) is 5.82 Å². The molecule has 1 N–H and O–H groups in total. The summed E-state index contributed by atoms with van der Waals surface area (Å²) < 4.78 is 0. The van der Waals surface area contributed by atoms with Crippen LogP contribution in [0.25, 0.3) is 0 Å². The Bertz CT molecular complexity index is 398. The molecular formula is C15H25N3. The molecule has 3 nitrogen and oxygen atoms in total. The van der Waals surface area contributed by atoms with Crippen molar-refractivity contribution in [3.05, 3.63) is 23.9 Å². The lowest BCUT2D eigenvalue weighted by Gasteiger charge is -2.23. The molecule has 0 unspecified atom stereocenters. The number of aromatic nitrogens is 1. The summed E-state index contributed by atoms with van der Waals surface area (Å²) >= 11 is 0. The maximum absolute atomic E-state index is 4.59. The summed E-state index contributed by atoms with van der Waals surface area (Å²) in [5.41, 5.74) is 1.73. The predicted octanol–water partition coefficient (Wildman–Crippen LogP) is 2.82.